The first kappa shape index (κ1) is 20.1. The van der Waals surface area contributed by atoms with E-state index in [4.69, 9.17) is 4.74 Å². The van der Waals surface area contributed by atoms with Crippen molar-refractivity contribution < 1.29 is 30.0 Å². The lowest BCUT2D eigenvalue weighted by Crippen LogP contribution is -2.56. The van der Waals surface area contributed by atoms with Crippen molar-refractivity contribution in [1.82, 2.24) is 0 Å². The molecular formula is C22H32O6. The lowest BCUT2D eigenvalue weighted by Gasteiger charge is -2.56. The Morgan fingerprint density at radius 2 is 1.93 bits per heavy atom. The van der Waals surface area contributed by atoms with Crippen molar-refractivity contribution in [1.29, 1.82) is 0 Å². The molecule has 1 heterocycles. The van der Waals surface area contributed by atoms with Gasteiger partial charge in [-0.3, -0.25) is 4.79 Å². The van der Waals surface area contributed by atoms with Crippen LogP contribution in [0, 0.1) is 22.7 Å². The van der Waals surface area contributed by atoms with E-state index in [1.54, 1.807) is 0 Å². The number of aliphatic hydroxyl groups is 3. The number of rotatable bonds is 3. The maximum atomic E-state index is 12.1. The van der Waals surface area contributed by atoms with Crippen molar-refractivity contribution in [2.75, 3.05) is 0 Å². The van der Waals surface area contributed by atoms with Gasteiger partial charge < -0.3 is 25.2 Å². The molecule has 156 valence electrons. The van der Waals surface area contributed by atoms with Gasteiger partial charge in [-0.2, -0.15) is 0 Å². The van der Waals surface area contributed by atoms with Crippen LogP contribution in [-0.4, -0.2) is 56.4 Å². The second-order valence-corrected chi connectivity index (χ2v) is 9.98. The van der Waals surface area contributed by atoms with Crippen molar-refractivity contribution in [3.05, 3.63) is 23.8 Å². The SMILES string of the molecule is C=C1C(O)[C@H]2O[C@@]2(C[C@H]2C(C)=CC[C@@H]3[C@]2(C)CCC[C@@]3(C)C(=O)O)[C@@H](O)[C@H]1O. The van der Waals surface area contributed by atoms with Crippen LogP contribution in [0.1, 0.15) is 52.9 Å². The van der Waals surface area contributed by atoms with Crippen LogP contribution < -0.4 is 0 Å². The predicted molar refractivity (Wildman–Crippen MR) is 102 cm³/mol. The molecule has 3 fully saturated rings. The Labute approximate surface area is 165 Å². The molecular weight excluding hydrogens is 360 g/mol. The lowest BCUT2D eigenvalue weighted by molar-refractivity contribution is -0.163. The number of aliphatic carboxylic acids is 1. The van der Waals surface area contributed by atoms with Gasteiger partial charge in [0, 0.05) is 0 Å². The normalized spacial score (nSPS) is 53.1. The van der Waals surface area contributed by atoms with Gasteiger partial charge in [0.25, 0.3) is 0 Å². The second-order valence-electron chi connectivity index (χ2n) is 9.98. The topological polar surface area (TPSA) is 111 Å². The highest BCUT2D eigenvalue weighted by atomic mass is 16.6. The summed E-state index contributed by atoms with van der Waals surface area (Å²) >= 11 is 0. The number of carboxylic acid groups (broad SMARTS) is 1. The number of fused-ring (bicyclic) bond motifs is 2. The molecule has 0 aromatic heterocycles. The third-order valence-corrected chi connectivity index (χ3v) is 8.63. The van der Waals surface area contributed by atoms with E-state index in [9.17, 15) is 25.2 Å². The fraction of sp³-hybridized carbons (Fsp3) is 0.773. The third-order valence-electron chi connectivity index (χ3n) is 8.63. The fourth-order valence-electron chi connectivity index (χ4n) is 6.69. The van der Waals surface area contributed by atoms with Gasteiger partial charge in [0.05, 0.1) is 5.41 Å². The Hall–Kier alpha value is -1.21. The Kier molecular flexibility index (Phi) is 4.41. The Bertz CT molecular complexity index is 745. The Morgan fingerprint density at radius 3 is 2.57 bits per heavy atom. The molecule has 3 aliphatic carbocycles. The van der Waals surface area contributed by atoms with E-state index in [1.807, 2.05) is 6.92 Å². The minimum atomic E-state index is -1.22. The highest BCUT2D eigenvalue weighted by Crippen LogP contribution is 2.64. The Morgan fingerprint density at radius 1 is 1.25 bits per heavy atom. The molecule has 1 unspecified atom stereocenters. The van der Waals surface area contributed by atoms with Crippen LogP contribution in [0.15, 0.2) is 23.8 Å². The molecule has 4 N–H and O–H groups in total. The summed E-state index contributed by atoms with van der Waals surface area (Å²) < 4.78 is 5.84. The summed E-state index contributed by atoms with van der Waals surface area (Å²) in [4.78, 5) is 12.1. The van der Waals surface area contributed by atoms with E-state index in [-0.39, 0.29) is 22.8 Å². The van der Waals surface area contributed by atoms with Gasteiger partial charge in [0.1, 0.15) is 30.0 Å². The smallest absolute Gasteiger partial charge is 0.309 e. The summed E-state index contributed by atoms with van der Waals surface area (Å²) in [5, 5.41) is 41.5. The van der Waals surface area contributed by atoms with Gasteiger partial charge in [0.2, 0.25) is 0 Å². The first-order valence-electron chi connectivity index (χ1n) is 10.3. The van der Waals surface area contributed by atoms with Crippen molar-refractivity contribution in [3.8, 4) is 0 Å². The van der Waals surface area contributed by atoms with Gasteiger partial charge in [-0.05, 0) is 62.4 Å². The van der Waals surface area contributed by atoms with Crippen LogP contribution in [0.5, 0.6) is 0 Å². The zero-order valence-electron chi connectivity index (χ0n) is 16.9. The summed E-state index contributed by atoms with van der Waals surface area (Å²) in [5.41, 5.74) is -0.636. The number of hydrogen-bond acceptors (Lipinski definition) is 5. The van der Waals surface area contributed by atoms with E-state index in [1.165, 1.54) is 5.57 Å². The van der Waals surface area contributed by atoms with Crippen molar-refractivity contribution in [3.63, 3.8) is 0 Å². The Balaban J connectivity index is 1.68. The molecule has 4 aliphatic rings. The quantitative estimate of drug-likeness (QED) is 0.432. The molecule has 0 spiro atoms. The van der Waals surface area contributed by atoms with Crippen LogP contribution in [0.4, 0.5) is 0 Å². The minimum Gasteiger partial charge on any atom is -0.481 e. The summed E-state index contributed by atoms with van der Waals surface area (Å²) in [6.07, 6.45) is 1.86. The van der Waals surface area contributed by atoms with Crippen molar-refractivity contribution >= 4 is 5.97 Å². The molecule has 0 amide bonds. The van der Waals surface area contributed by atoms with Crippen LogP contribution >= 0.6 is 0 Å². The molecule has 6 heteroatoms. The first-order valence-corrected chi connectivity index (χ1v) is 10.3. The molecule has 0 bridgehead atoms. The third kappa shape index (κ3) is 2.44. The maximum Gasteiger partial charge on any atom is 0.309 e. The van der Waals surface area contributed by atoms with Gasteiger partial charge in [-0.15, -0.1) is 0 Å². The van der Waals surface area contributed by atoms with Crippen LogP contribution in [-0.2, 0) is 9.53 Å². The standard InChI is InChI=1S/C22H32O6/c1-11-6-7-14-20(3,8-5-9-21(14,4)19(26)27)13(11)10-22-17(25)15(23)12(2)16(24)18(22)28-22/h6,13-18,23-25H,2,5,7-10H2,1,3-4H3,(H,26,27)/t13-,14+,15-,16?,17-,18+,20+,21+,22-/m0/s1. The van der Waals surface area contributed by atoms with E-state index in [2.05, 4.69) is 26.5 Å². The molecule has 28 heavy (non-hydrogen) atoms. The number of allylic oxidation sites excluding steroid dienone is 2. The van der Waals surface area contributed by atoms with Gasteiger partial charge in [-0.1, -0.05) is 31.6 Å². The van der Waals surface area contributed by atoms with Crippen LogP contribution in [0.3, 0.4) is 0 Å². The molecule has 0 aromatic carbocycles. The molecule has 9 atom stereocenters. The second kappa shape index (κ2) is 6.14. The minimum absolute atomic E-state index is 0.000837. The number of aliphatic hydroxyl groups excluding tert-OH is 3. The maximum absolute atomic E-state index is 12.1. The van der Waals surface area contributed by atoms with E-state index >= 15 is 0 Å². The molecule has 0 radical (unpaired) electrons. The number of carboxylic acids is 1. The largest absolute Gasteiger partial charge is 0.481 e. The highest BCUT2D eigenvalue weighted by Gasteiger charge is 2.71. The fourth-order valence-corrected chi connectivity index (χ4v) is 6.69. The molecule has 0 aromatic rings. The molecule has 6 nitrogen and oxygen atoms in total. The summed E-state index contributed by atoms with van der Waals surface area (Å²) in [6.45, 7) is 9.80. The van der Waals surface area contributed by atoms with Gasteiger partial charge >= 0.3 is 5.97 Å². The number of epoxide rings is 1. The first-order chi connectivity index (χ1) is 13.0. The summed E-state index contributed by atoms with van der Waals surface area (Å²) in [5.74, 6) is -0.719. The average molecular weight is 392 g/mol. The molecule has 4 rings (SSSR count). The van der Waals surface area contributed by atoms with E-state index in [0.717, 1.165) is 19.3 Å². The molecule has 2 saturated carbocycles. The monoisotopic (exact) mass is 392 g/mol. The van der Waals surface area contributed by atoms with Gasteiger partial charge in [0.15, 0.2) is 0 Å². The number of hydrogen-bond donors (Lipinski definition) is 4. The lowest BCUT2D eigenvalue weighted by atomic mass is 9.47. The number of carbonyl (C=O) groups is 1. The highest BCUT2D eigenvalue weighted by molar-refractivity contribution is 5.75. The van der Waals surface area contributed by atoms with Crippen molar-refractivity contribution in [2.45, 2.75) is 82.9 Å². The molecule has 1 saturated heterocycles. The van der Waals surface area contributed by atoms with Crippen LogP contribution in [0.25, 0.3) is 0 Å². The predicted octanol–water partition coefficient (Wildman–Crippen LogP) is 2.03. The van der Waals surface area contributed by atoms with Crippen molar-refractivity contribution in [2.24, 2.45) is 22.7 Å². The number of ether oxygens (including phenoxy) is 1. The zero-order chi connectivity index (χ0) is 20.6. The van der Waals surface area contributed by atoms with E-state index < -0.39 is 41.4 Å². The zero-order valence-corrected chi connectivity index (χ0v) is 16.9. The summed E-state index contributed by atoms with van der Waals surface area (Å²) in [7, 11) is 0. The molecule has 1 aliphatic heterocycles. The van der Waals surface area contributed by atoms with E-state index in [0.29, 0.717) is 12.8 Å². The average Bonchev–Trinajstić information content (AvgIpc) is 3.37. The summed E-state index contributed by atoms with van der Waals surface area (Å²) in [6, 6.07) is 0. The van der Waals surface area contributed by atoms with Crippen LogP contribution in [0.2, 0.25) is 0 Å². The van der Waals surface area contributed by atoms with Gasteiger partial charge in [-0.25, -0.2) is 0 Å².